The third kappa shape index (κ3) is 4.47. The third-order valence-electron chi connectivity index (χ3n) is 4.86. The number of fused-ring (bicyclic) bond motifs is 1. The molecule has 0 saturated carbocycles. The molecule has 142 valence electrons. The van der Waals surface area contributed by atoms with Gasteiger partial charge >= 0.3 is 0 Å². The van der Waals surface area contributed by atoms with Crippen molar-refractivity contribution in [1.82, 2.24) is 4.98 Å². The number of benzene rings is 2. The first kappa shape index (κ1) is 19.8. The number of anilines is 1. The number of aromatic nitrogens is 1. The lowest BCUT2D eigenvalue weighted by atomic mass is 9.92. The number of halogens is 1. The molecular weight excluding hydrogens is 382 g/mol. The average Bonchev–Trinajstić information content (AvgIpc) is 3.16. The van der Waals surface area contributed by atoms with Gasteiger partial charge in [0, 0.05) is 24.2 Å². The minimum absolute atomic E-state index is 0. The number of carbonyl (C=O) groups is 1. The molecule has 2 heterocycles. The second-order valence-corrected chi connectivity index (χ2v) is 7.42. The van der Waals surface area contributed by atoms with Crippen molar-refractivity contribution in [3.63, 3.8) is 0 Å². The van der Waals surface area contributed by atoms with E-state index in [1.165, 1.54) is 22.1 Å². The number of hydrogen-bond acceptors (Lipinski definition) is 5. The Kier molecular flexibility index (Phi) is 6.44. The van der Waals surface area contributed by atoms with E-state index in [4.69, 9.17) is 10.5 Å². The summed E-state index contributed by atoms with van der Waals surface area (Å²) >= 11 is 1.42. The predicted octanol–water partition coefficient (Wildman–Crippen LogP) is 4.08. The van der Waals surface area contributed by atoms with Crippen LogP contribution in [0.1, 0.15) is 12.8 Å². The molecular formula is C20H22ClN3O2S. The first-order valence-electron chi connectivity index (χ1n) is 8.79. The number of ether oxygens (including phenoxy) is 1. The number of amides is 1. The Hall–Kier alpha value is -1.99. The van der Waals surface area contributed by atoms with Crippen molar-refractivity contribution >= 4 is 45.6 Å². The van der Waals surface area contributed by atoms with Crippen molar-refractivity contribution in [3.05, 3.63) is 47.8 Å². The number of nitrogens with two attached hydrogens (primary N) is 1. The second kappa shape index (κ2) is 8.80. The summed E-state index contributed by atoms with van der Waals surface area (Å²) < 4.78 is 5.33. The van der Waals surface area contributed by atoms with Crippen LogP contribution < -0.4 is 11.1 Å². The van der Waals surface area contributed by atoms with Gasteiger partial charge in [-0.05, 0) is 35.6 Å². The Balaban J connectivity index is 0.00000210. The molecule has 7 heteroatoms. The molecule has 3 N–H and O–H groups in total. The van der Waals surface area contributed by atoms with E-state index < -0.39 is 6.04 Å². The molecule has 1 unspecified atom stereocenters. The summed E-state index contributed by atoms with van der Waals surface area (Å²) in [5, 5.41) is 7.78. The van der Waals surface area contributed by atoms with Gasteiger partial charge in [0.1, 0.15) is 0 Å². The summed E-state index contributed by atoms with van der Waals surface area (Å²) in [6.45, 7) is 1.35. The van der Waals surface area contributed by atoms with E-state index in [0.717, 1.165) is 24.1 Å². The summed E-state index contributed by atoms with van der Waals surface area (Å²) in [5.41, 5.74) is 8.02. The maximum atomic E-state index is 12.4. The largest absolute Gasteiger partial charge is 0.381 e. The Morgan fingerprint density at radius 3 is 2.70 bits per heavy atom. The van der Waals surface area contributed by atoms with Gasteiger partial charge in [0.2, 0.25) is 5.91 Å². The number of nitrogens with one attached hydrogen (secondary N) is 1. The Labute approximate surface area is 168 Å². The Morgan fingerprint density at radius 2 is 1.93 bits per heavy atom. The van der Waals surface area contributed by atoms with Crippen LogP contribution in [-0.2, 0) is 9.53 Å². The summed E-state index contributed by atoms with van der Waals surface area (Å²) in [6, 6.07) is 14.0. The molecule has 0 bridgehead atoms. The van der Waals surface area contributed by atoms with Crippen LogP contribution in [0.15, 0.2) is 47.8 Å². The lowest BCUT2D eigenvalue weighted by Crippen LogP contribution is -2.43. The molecule has 1 aromatic heterocycles. The summed E-state index contributed by atoms with van der Waals surface area (Å²) in [7, 11) is 0. The first-order chi connectivity index (χ1) is 12.7. The molecule has 1 saturated heterocycles. The third-order valence-corrected chi connectivity index (χ3v) is 5.61. The van der Waals surface area contributed by atoms with Crippen LogP contribution in [0.2, 0.25) is 0 Å². The molecule has 2 aromatic carbocycles. The molecule has 1 fully saturated rings. The zero-order valence-corrected chi connectivity index (χ0v) is 16.4. The van der Waals surface area contributed by atoms with Gasteiger partial charge < -0.3 is 15.8 Å². The van der Waals surface area contributed by atoms with E-state index >= 15 is 0 Å². The SMILES string of the molecule is Cl.NC(C(=O)Nc1nc(-c2ccc3ccccc3c2)cs1)C1CCOCC1. The normalized spacial score (nSPS) is 15.9. The van der Waals surface area contributed by atoms with E-state index in [1.807, 2.05) is 17.5 Å². The van der Waals surface area contributed by atoms with Crippen molar-refractivity contribution in [3.8, 4) is 11.3 Å². The summed E-state index contributed by atoms with van der Waals surface area (Å²) in [5.74, 6) is -0.0000168. The summed E-state index contributed by atoms with van der Waals surface area (Å²) in [4.78, 5) is 17.0. The highest BCUT2D eigenvalue weighted by Crippen LogP contribution is 2.28. The molecule has 1 aliphatic heterocycles. The van der Waals surface area contributed by atoms with Crippen molar-refractivity contribution in [2.75, 3.05) is 18.5 Å². The fraction of sp³-hybridized carbons (Fsp3) is 0.300. The fourth-order valence-corrected chi connectivity index (χ4v) is 4.01. The standard InChI is InChI=1S/C20H21N3O2S.ClH/c21-18(14-7-9-25-10-8-14)19(24)23-20-22-17(12-26-20)16-6-5-13-3-1-2-4-15(13)11-16;/h1-6,11-12,14,18H,7-10,21H2,(H,22,23,24);1H. The van der Waals surface area contributed by atoms with Crippen LogP contribution in [0.25, 0.3) is 22.0 Å². The molecule has 0 aliphatic carbocycles. The summed E-state index contributed by atoms with van der Waals surface area (Å²) in [6.07, 6.45) is 1.66. The van der Waals surface area contributed by atoms with Gasteiger partial charge in [-0.2, -0.15) is 0 Å². The van der Waals surface area contributed by atoms with Gasteiger partial charge in [-0.1, -0.05) is 36.4 Å². The van der Waals surface area contributed by atoms with Gasteiger partial charge in [0.05, 0.1) is 11.7 Å². The molecule has 3 aromatic rings. The highest BCUT2D eigenvalue weighted by Gasteiger charge is 2.27. The topological polar surface area (TPSA) is 77.2 Å². The van der Waals surface area contributed by atoms with E-state index in [2.05, 4.69) is 40.6 Å². The number of nitrogens with zero attached hydrogens (tertiary/aromatic N) is 1. The molecule has 0 spiro atoms. The Bertz CT molecular complexity index is 924. The van der Waals surface area contributed by atoms with Crippen molar-refractivity contribution in [1.29, 1.82) is 0 Å². The molecule has 0 radical (unpaired) electrons. The van der Waals surface area contributed by atoms with Gasteiger partial charge in [0.15, 0.2) is 5.13 Å². The molecule has 1 amide bonds. The van der Waals surface area contributed by atoms with E-state index in [0.29, 0.717) is 18.3 Å². The number of carbonyl (C=O) groups excluding carboxylic acids is 1. The molecule has 1 aliphatic rings. The zero-order valence-electron chi connectivity index (χ0n) is 14.8. The van der Waals surface area contributed by atoms with Crippen LogP contribution in [0.5, 0.6) is 0 Å². The predicted molar refractivity (Wildman–Crippen MR) is 112 cm³/mol. The lowest BCUT2D eigenvalue weighted by Gasteiger charge is -2.26. The van der Waals surface area contributed by atoms with Crippen LogP contribution in [-0.4, -0.2) is 30.1 Å². The number of rotatable bonds is 4. The van der Waals surface area contributed by atoms with Crippen LogP contribution >= 0.6 is 23.7 Å². The maximum Gasteiger partial charge on any atom is 0.243 e. The van der Waals surface area contributed by atoms with Crippen LogP contribution in [0.3, 0.4) is 0 Å². The molecule has 1 atom stereocenters. The second-order valence-electron chi connectivity index (χ2n) is 6.56. The number of hydrogen-bond donors (Lipinski definition) is 2. The van der Waals surface area contributed by atoms with E-state index in [-0.39, 0.29) is 24.2 Å². The number of thiazole rings is 1. The monoisotopic (exact) mass is 403 g/mol. The molecule has 27 heavy (non-hydrogen) atoms. The average molecular weight is 404 g/mol. The van der Waals surface area contributed by atoms with Crippen molar-refractivity contribution in [2.45, 2.75) is 18.9 Å². The zero-order chi connectivity index (χ0) is 17.9. The van der Waals surface area contributed by atoms with Crippen LogP contribution in [0, 0.1) is 5.92 Å². The van der Waals surface area contributed by atoms with Crippen molar-refractivity contribution in [2.24, 2.45) is 11.7 Å². The van der Waals surface area contributed by atoms with Crippen molar-refractivity contribution < 1.29 is 9.53 Å². The van der Waals surface area contributed by atoms with E-state index in [9.17, 15) is 4.79 Å². The van der Waals surface area contributed by atoms with Gasteiger partial charge in [-0.25, -0.2) is 4.98 Å². The smallest absolute Gasteiger partial charge is 0.243 e. The molecule has 5 nitrogen and oxygen atoms in total. The Morgan fingerprint density at radius 1 is 1.19 bits per heavy atom. The van der Waals surface area contributed by atoms with Gasteiger partial charge in [-0.3, -0.25) is 4.79 Å². The fourth-order valence-electron chi connectivity index (χ4n) is 3.29. The van der Waals surface area contributed by atoms with Crippen LogP contribution in [0.4, 0.5) is 5.13 Å². The quantitative estimate of drug-likeness (QED) is 0.688. The van der Waals surface area contributed by atoms with E-state index in [1.54, 1.807) is 0 Å². The van der Waals surface area contributed by atoms with Gasteiger partial charge in [0.25, 0.3) is 0 Å². The minimum Gasteiger partial charge on any atom is -0.381 e. The highest BCUT2D eigenvalue weighted by molar-refractivity contribution is 7.14. The minimum atomic E-state index is -0.521. The highest BCUT2D eigenvalue weighted by atomic mass is 35.5. The van der Waals surface area contributed by atoms with Gasteiger partial charge in [-0.15, -0.1) is 23.7 Å². The lowest BCUT2D eigenvalue weighted by molar-refractivity contribution is -0.119. The molecule has 4 rings (SSSR count). The first-order valence-corrected chi connectivity index (χ1v) is 9.67. The maximum absolute atomic E-state index is 12.4.